The molecule has 0 unspecified atom stereocenters. The summed E-state index contributed by atoms with van der Waals surface area (Å²) in [7, 11) is 1.54. The van der Waals surface area contributed by atoms with Crippen LogP contribution in [0.1, 0.15) is 24.8 Å². The first-order chi connectivity index (χ1) is 12.1. The van der Waals surface area contributed by atoms with Crippen LogP contribution in [0.3, 0.4) is 0 Å². The Kier molecular flexibility index (Phi) is 4.97. The maximum atomic E-state index is 11.6. The molecule has 3 rings (SSSR count). The first-order valence-corrected chi connectivity index (χ1v) is 8.25. The predicted octanol–water partition coefficient (Wildman–Crippen LogP) is 3.44. The molecular formula is C17H21N5O3. The summed E-state index contributed by atoms with van der Waals surface area (Å²) >= 11 is 0. The van der Waals surface area contributed by atoms with E-state index >= 15 is 0 Å². The van der Waals surface area contributed by atoms with Crippen molar-refractivity contribution in [3.8, 4) is 5.75 Å². The van der Waals surface area contributed by atoms with Gasteiger partial charge in [0.05, 0.1) is 17.7 Å². The Morgan fingerprint density at radius 2 is 1.88 bits per heavy atom. The molecule has 8 nitrogen and oxygen atoms in total. The molecule has 8 heteroatoms. The molecule has 0 aliphatic carbocycles. The third-order valence-electron chi connectivity index (χ3n) is 4.22. The molecule has 1 aromatic heterocycles. The number of hydrogen-bond donors (Lipinski definition) is 1. The Morgan fingerprint density at radius 3 is 2.48 bits per heavy atom. The molecule has 1 N–H and O–H groups in total. The van der Waals surface area contributed by atoms with Crippen molar-refractivity contribution in [1.82, 2.24) is 9.97 Å². The lowest BCUT2D eigenvalue weighted by atomic mass is 10.1. The van der Waals surface area contributed by atoms with E-state index in [2.05, 4.69) is 20.2 Å². The molecule has 1 saturated heterocycles. The summed E-state index contributed by atoms with van der Waals surface area (Å²) in [5, 5.41) is 14.6. The number of nitrogens with one attached hydrogen (secondary N) is 1. The molecule has 0 amide bonds. The maximum absolute atomic E-state index is 11.6. The summed E-state index contributed by atoms with van der Waals surface area (Å²) in [6.45, 7) is 3.53. The molecule has 25 heavy (non-hydrogen) atoms. The maximum Gasteiger partial charge on any atom is 0.294 e. The smallest absolute Gasteiger partial charge is 0.294 e. The average molecular weight is 343 g/mol. The minimum Gasteiger partial charge on any atom is -0.494 e. The van der Waals surface area contributed by atoms with Gasteiger partial charge in [0.1, 0.15) is 11.4 Å². The second kappa shape index (κ2) is 7.33. The van der Waals surface area contributed by atoms with Crippen LogP contribution in [-0.4, -0.2) is 35.1 Å². The molecule has 1 aliphatic rings. The van der Waals surface area contributed by atoms with Gasteiger partial charge in [-0.3, -0.25) is 10.1 Å². The van der Waals surface area contributed by atoms with E-state index < -0.39 is 0 Å². The third kappa shape index (κ3) is 3.78. The Bertz CT molecular complexity index is 758. The highest BCUT2D eigenvalue weighted by atomic mass is 16.6. The molecule has 0 radical (unpaired) electrons. The van der Waals surface area contributed by atoms with E-state index in [1.165, 1.54) is 6.07 Å². The number of benzene rings is 1. The number of rotatable bonds is 5. The Balaban J connectivity index is 1.99. The number of piperidine rings is 1. The van der Waals surface area contributed by atoms with Crippen LogP contribution < -0.4 is 15.0 Å². The summed E-state index contributed by atoms with van der Waals surface area (Å²) in [5.41, 5.74) is 2.05. The fourth-order valence-corrected chi connectivity index (χ4v) is 2.94. The number of nitro groups is 1. The predicted molar refractivity (Wildman–Crippen MR) is 95.8 cm³/mol. The highest BCUT2D eigenvalue weighted by Gasteiger charge is 2.24. The number of methoxy groups -OCH3 is 1. The van der Waals surface area contributed by atoms with Crippen molar-refractivity contribution in [1.29, 1.82) is 0 Å². The van der Waals surface area contributed by atoms with E-state index in [-0.39, 0.29) is 10.6 Å². The minimum atomic E-state index is -0.357. The van der Waals surface area contributed by atoms with E-state index in [4.69, 9.17) is 4.74 Å². The quantitative estimate of drug-likeness (QED) is 0.656. The summed E-state index contributed by atoms with van der Waals surface area (Å²) < 4.78 is 5.44. The van der Waals surface area contributed by atoms with Crippen molar-refractivity contribution in [3.05, 3.63) is 40.2 Å². The number of ether oxygens (including phenoxy) is 1. The number of nitrogens with zero attached hydrogens (tertiary/aromatic N) is 4. The lowest BCUT2D eigenvalue weighted by Crippen LogP contribution is -2.30. The van der Waals surface area contributed by atoms with Crippen molar-refractivity contribution in [3.63, 3.8) is 0 Å². The molecule has 132 valence electrons. The highest BCUT2D eigenvalue weighted by molar-refractivity contribution is 5.76. The van der Waals surface area contributed by atoms with Crippen LogP contribution >= 0.6 is 0 Å². The Labute approximate surface area is 146 Å². The Morgan fingerprint density at radius 1 is 1.20 bits per heavy atom. The van der Waals surface area contributed by atoms with Crippen LogP contribution in [0, 0.1) is 17.0 Å². The number of nitro benzene ring substituents is 1. The monoisotopic (exact) mass is 343 g/mol. The first-order valence-electron chi connectivity index (χ1n) is 8.25. The zero-order valence-corrected chi connectivity index (χ0v) is 14.4. The van der Waals surface area contributed by atoms with Crippen LogP contribution in [0.15, 0.2) is 24.5 Å². The molecule has 0 saturated carbocycles. The topological polar surface area (TPSA) is 93.4 Å². The van der Waals surface area contributed by atoms with Crippen LogP contribution in [-0.2, 0) is 0 Å². The number of hydrogen-bond acceptors (Lipinski definition) is 7. The van der Waals surface area contributed by atoms with Gasteiger partial charge < -0.3 is 15.0 Å². The van der Waals surface area contributed by atoms with Crippen LogP contribution in [0.4, 0.5) is 23.0 Å². The highest BCUT2D eigenvalue weighted by Crippen LogP contribution is 2.39. The molecule has 1 aliphatic heterocycles. The largest absolute Gasteiger partial charge is 0.494 e. The molecule has 1 aromatic carbocycles. The van der Waals surface area contributed by atoms with E-state index in [9.17, 15) is 10.1 Å². The zero-order valence-electron chi connectivity index (χ0n) is 14.4. The standard InChI is InChI=1S/C17H21N5O3/c1-12-10-18-17(19-11-12)20-13-8-15(22(23)24)14(9-16(13)25-2)21-6-4-3-5-7-21/h8-11H,3-7H2,1-2H3,(H,18,19,20). The molecular weight excluding hydrogens is 322 g/mol. The van der Waals surface area contributed by atoms with Crippen molar-refractivity contribution < 1.29 is 9.66 Å². The van der Waals surface area contributed by atoms with E-state index in [1.807, 2.05) is 6.92 Å². The molecule has 0 atom stereocenters. The van der Waals surface area contributed by atoms with Gasteiger partial charge in [-0.05, 0) is 31.7 Å². The number of aromatic nitrogens is 2. The van der Waals surface area contributed by atoms with Crippen molar-refractivity contribution in [2.75, 3.05) is 30.4 Å². The molecule has 1 fully saturated rings. The van der Waals surface area contributed by atoms with E-state index in [0.717, 1.165) is 37.9 Å². The first kappa shape index (κ1) is 16.9. The van der Waals surface area contributed by atoms with Gasteiger partial charge in [0.15, 0.2) is 0 Å². The van der Waals surface area contributed by atoms with Gasteiger partial charge in [-0.2, -0.15) is 0 Å². The van der Waals surface area contributed by atoms with Crippen LogP contribution in [0.5, 0.6) is 5.75 Å². The second-order valence-corrected chi connectivity index (χ2v) is 6.06. The number of anilines is 3. The van der Waals surface area contributed by atoms with E-state index in [1.54, 1.807) is 25.6 Å². The van der Waals surface area contributed by atoms with Gasteiger partial charge in [0.2, 0.25) is 5.95 Å². The molecule has 0 bridgehead atoms. The van der Waals surface area contributed by atoms with Crippen LogP contribution in [0.25, 0.3) is 0 Å². The lowest BCUT2D eigenvalue weighted by Gasteiger charge is -2.29. The third-order valence-corrected chi connectivity index (χ3v) is 4.22. The van der Waals surface area contributed by atoms with Gasteiger partial charge in [0, 0.05) is 37.6 Å². The Hall–Kier alpha value is -2.90. The molecule has 2 heterocycles. The SMILES string of the molecule is COc1cc(N2CCCCC2)c([N+](=O)[O-])cc1Nc1ncc(C)cn1. The molecule has 2 aromatic rings. The lowest BCUT2D eigenvalue weighted by molar-refractivity contribution is -0.384. The van der Waals surface area contributed by atoms with Gasteiger partial charge in [-0.15, -0.1) is 0 Å². The summed E-state index contributed by atoms with van der Waals surface area (Å²) in [5.74, 6) is 0.888. The zero-order chi connectivity index (χ0) is 17.8. The summed E-state index contributed by atoms with van der Waals surface area (Å²) in [6, 6.07) is 3.21. The van der Waals surface area contributed by atoms with Crippen molar-refractivity contribution in [2.45, 2.75) is 26.2 Å². The minimum absolute atomic E-state index is 0.0531. The molecule has 0 spiro atoms. The van der Waals surface area contributed by atoms with Crippen LogP contribution in [0.2, 0.25) is 0 Å². The van der Waals surface area contributed by atoms with Gasteiger partial charge in [-0.25, -0.2) is 9.97 Å². The normalized spacial score (nSPS) is 14.2. The second-order valence-electron chi connectivity index (χ2n) is 6.06. The van der Waals surface area contributed by atoms with E-state index in [0.29, 0.717) is 23.1 Å². The van der Waals surface area contributed by atoms with Crippen molar-refractivity contribution >= 4 is 23.0 Å². The average Bonchev–Trinajstić information content (AvgIpc) is 2.64. The fraction of sp³-hybridized carbons (Fsp3) is 0.412. The van der Waals surface area contributed by atoms with Gasteiger partial charge in [-0.1, -0.05) is 0 Å². The summed E-state index contributed by atoms with van der Waals surface area (Å²) in [4.78, 5) is 21.6. The van der Waals surface area contributed by atoms with Crippen molar-refractivity contribution in [2.24, 2.45) is 0 Å². The summed E-state index contributed by atoms with van der Waals surface area (Å²) in [6.07, 6.45) is 6.59. The van der Waals surface area contributed by atoms with Gasteiger partial charge >= 0.3 is 0 Å². The fourth-order valence-electron chi connectivity index (χ4n) is 2.94. The van der Waals surface area contributed by atoms with Gasteiger partial charge in [0.25, 0.3) is 5.69 Å². The number of aryl methyl sites for hydroxylation is 1.